The fourth-order valence-electron chi connectivity index (χ4n) is 1.56. The van der Waals surface area contributed by atoms with Gasteiger partial charge < -0.3 is 11.1 Å². The number of benzene rings is 1. The molecule has 2 rings (SSSR count). The molecule has 4 nitrogen and oxygen atoms in total. The van der Waals surface area contributed by atoms with Crippen LogP contribution in [0.3, 0.4) is 0 Å². The van der Waals surface area contributed by atoms with E-state index in [1.54, 1.807) is 24.2 Å². The first-order valence-electron chi connectivity index (χ1n) is 6.03. The molecular weight excluding hydrogens is 277 g/mol. The van der Waals surface area contributed by atoms with E-state index in [9.17, 15) is 9.18 Å². The molecule has 1 heterocycles. The number of carbonyl (C=O) groups excluding carboxylic acids is 1. The fraction of sp³-hybridized carbons (Fsp3) is 0.143. The van der Waals surface area contributed by atoms with Crippen molar-refractivity contribution >= 4 is 29.0 Å². The monoisotopic (exact) mass is 291 g/mol. The smallest absolute Gasteiger partial charge is 0.225 e. The molecule has 0 aliphatic heterocycles. The Morgan fingerprint density at radius 1 is 1.30 bits per heavy atom. The van der Waals surface area contributed by atoms with Crippen LogP contribution in [-0.4, -0.2) is 16.6 Å². The van der Waals surface area contributed by atoms with E-state index in [2.05, 4.69) is 10.3 Å². The maximum Gasteiger partial charge on any atom is 0.225 e. The second-order valence-electron chi connectivity index (χ2n) is 4.06. The first kappa shape index (κ1) is 14.3. The van der Waals surface area contributed by atoms with Gasteiger partial charge >= 0.3 is 0 Å². The highest BCUT2D eigenvalue weighted by Crippen LogP contribution is 2.20. The summed E-state index contributed by atoms with van der Waals surface area (Å²) >= 11 is 1.57. The van der Waals surface area contributed by atoms with E-state index >= 15 is 0 Å². The molecule has 0 radical (unpaired) electrons. The van der Waals surface area contributed by atoms with Crippen LogP contribution in [0.2, 0.25) is 0 Å². The van der Waals surface area contributed by atoms with Crippen molar-refractivity contribution in [2.45, 2.75) is 11.3 Å². The number of nitrogens with two attached hydrogens (primary N) is 1. The molecule has 0 spiro atoms. The molecule has 6 heteroatoms. The number of amides is 1. The summed E-state index contributed by atoms with van der Waals surface area (Å²) in [4.78, 5) is 16.7. The molecule has 1 aromatic heterocycles. The lowest BCUT2D eigenvalue weighted by Gasteiger charge is -2.08. The summed E-state index contributed by atoms with van der Waals surface area (Å²) in [7, 11) is 0. The number of halogens is 1. The van der Waals surface area contributed by atoms with Crippen LogP contribution < -0.4 is 11.1 Å². The van der Waals surface area contributed by atoms with Gasteiger partial charge in [0.15, 0.2) is 0 Å². The van der Waals surface area contributed by atoms with Crippen LogP contribution in [0, 0.1) is 5.82 Å². The molecule has 0 atom stereocenters. The number of aromatic nitrogens is 1. The van der Waals surface area contributed by atoms with Crippen molar-refractivity contribution in [3.05, 3.63) is 48.5 Å². The number of nitrogen functional groups attached to an aromatic ring is 1. The van der Waals surface area contributed by atoms with Crippen LogP contribution in [0.15, 0.2) is 47.6 Å². The Morgan fingerprint density at radius 3 is 2.75 bits per heavy atom. The van der Waals surface area contributed by atoms with Crippen LogP contribution in [0.5, 0.6) is 0 Å². The molecule has 104 valence electrons. The topological polar surface area (TPSA) is 68.0 Å². The van der Waals surface area contributed by atoms with Crippen LogP contribution in [-0.2, 0) is 4.79 Å². The predicted octanol–water partition coefficient (Wildman–Crippen LogP) is 2.92. The Labute approximate surface area is 120 Å². The first-order chi connectivity index (χ1) is 9.65. The van der Waals surface area contributed by atoms with Gasteiger partial charge in [-0.3, -0.25) is 9.78 Å². The third kappa shape index (κ3) is 4.24. The average molecular weight is 291 g/mol. The highest BCUT2D eigenvalue weighted by molar-refractivity contribution is 7.99. The molecule has 0 unspecified atom stereocenters. The third-order valence-electron chi connectivity index (χ3n) is 2.54. The van der Waals surface area contributed by atoms with Gasteiger partial charge in [0.1, 0.15) is 5.82 Å². The Hall–Kier alpha value is -2.08. The number of nitrogens with one attached hydrogen (secondary N) is 1. The van der Waals surface area contributed by atoms with Crippen LogP contribution in [0.1, 0.15) is 6.42 Å². The number of nitrogens with zero attached hydrogens (tertiary/aromatic N) is 1. The van der Waals surface area contributed by atoms with Gasteiger partial charge in [-0.15, -0.1) is 11.8 Å². The van der Waals surface area contributed by atoms with Crippen molar-refractivity contribution < 1.29 is 9.18 Å². The van der Waals surface area contributed by atoms with E-state index in [0.717, 1.165) is 4.90 Å². The summed E-state index contributed by atoms with van der Waals surface area (Å²) in [5.41, 5.74) is 6.28. The Balaban J connectivity index is 1.81. The standard InChI is InChI=1S/C14H14FN3OS/c15-10-1-2-13(12(16)9-10)18-14(19)5-8-20-11-3-6-17-7-4-11/h1-4,6-7,9H,5,8,16H2,(H,18,19). The summed E-state index contributed by atoms with van der Waals surface area (Å²) < 4.78 is 12.9. The summed E-state index contributed by atoms with van der Waals surface area (Å²) in [6.07, 6.45) is 3.77. The van der Waals surface area contributed by atoms with Gasteiger partial charge in [-0.05, 0) is 30.3 Å². The van der Waals surface area contributed by atoms with Crippen LogP contribution in [0.4, 0.5) is 15.8 Å². The lowest BCUT2D eigenvalue weighted by molar-refractivity contribution is -0.115. The molecule has 2 aromatic rings. The van der Waals surface area contributed by atoms with Crippen LogP contribution >= 0.6 is 11.8 Å². The number of rotatable bonds is 5. The second kappa shape index (κ2) is 6.91. The highest BCUT2D eigenvalue weighted by atomic mass is 32.2. The van der Waals surface area contributed by atoms with Crippen molar-refractivity contribution in [2.75, 3.05) is 16.8 Å². The summed E-state index contributed by atoms with van der Waals surface area (Å²) in [5.74, 6) is 0.0790. The normalized spacial score (nSPS) is 10.2. The molecule has 0 saturated heterocycles. The molecule has 1 aromatic carbocycles. The Kier molecular flexibility index (Phi) is 4.95. The molecule has 3 N–H and O–H groups in total. The number of thioether (sulfide) groups is 1. The van der Waals surface area contributed by atoms with Gasteiger partial charge in [-0.25, -0.2) is 4.39 Å². The number of hydrogen-bond acceptors (Lipinski definition) is 4. The Bertz CT molecular complexity index is 592. The lowest BCUT2D eigenvalue weighted by Crippen LogP contribution is -2.13. The zero-order valence-corrected chi connectivity index (χ0v) is 11.5. The molecule has 20 heavy (non-hydrogen) atoms. The highest BCUT2D eigenvalue weighted by Gasteiger charge is 2.06. The van der Waals surface area contributed by atoms with Gasteiger partial charge in [-0.2, -0.15) is 0 Å². The van der Waals surface area contributed by atoms with Gasteiger partial charge in [0.25, 0.3) is 0 Å². The zero-order chi connectivity index (χ0) is 14.4. The minimum Gasteiger partial charge on any atom is -0.397 e. The van der Waals surface area contributed by atoms with Gasteiger partial charge in [0, 0.05) is 29.5 Å². The third-order valence-corrected chi connectivity index (χ3v) is 3.55. The van der Waals surface area contributed by atoms with Gasteiger partial charge in [0.2, 0.25) is 5.91 Å². The maximum atomic E-state index is 12.9. The molecule has 0 bridgehead atoms. The van der Waals surface area contributed by atoms with Gasteiger partial charge in [0.05, 0.1) is 11.4 Å². The van der Waals surface area contributed by atoms with E-state index < -0.39 is 5.82 Å². The fourth-order valence-corrected chi connectivity index (χ4v) is 2.39. The van der Waals surface area contributed by atoms with Crippen molar-refractivity contribution in [1.82, 2.24) is 4.98 Å². The molecule has 0 saturated carbocycles. The van der Waals surface area contributed by atoms with E-state index in [1.807, 2.05) is 12.1 Å². The maximum absolute atomic E-state index is 12.9. The Morgan fingerprint density at radius 2 is 2.05 bits per heavy atom. The largest absolute Gasteiger partial charge is 0.397 e. The molecule has 0 aliphatic rings. The summed E-state index contributed by atoms with van der Waals surface area (Å²) in [6, 6.07) is 7.68. The molecule has 0 fully saturated rings. The van der Waals surface area contributed by atoms with Crippen molar-refractivity contribution in [3.63, 3.8) is 0 Å². The van der Waals surface area contributed by atoms with Crippen molar-refractivity contribution in [3.8, 4) is 0 Å². The zero-order valence-electron chi connectivity index (χ0n) is 10.7. The molecule has 0 aliphatic carbocycles. The van der Waals surface area contributed by atoms with E-state index in [0.29, 0.717) is 17.9 Å². The van der Waals surface area contributed by atoms with Crippen molar-refractivity contribution in [1.29, 1.82) is 0 Å². The number of hydrogen-bond donors (Lipinski definition) is 2. The van der Waals surface area contributed by atoms with E-state index in [1.165, 1.54) is 18.2 Å². The number of anilines is 2. The first-order valence-corrected chi connectivity index (χ1v) is 7.01. The average Bonchev–Trinajstić information content (AvgIpc) is 2.43. The second-order valence-corrected chi connectivity index (χ2v) is 5.23. The predicted molar refractivity (Wildman–Crippen MR) is 79.0 cm³/mol. The SMILES string of the molecule is Nc1cc(F)ccc1NC(=O)CCSc1ccncc1. The lowest BCUT2D eigenvalue weighted by atomic mass is 10.2. The van der Waals surface area contributed by atoms with Crippen LogP contribution in [0.25, 0.3) is 0 Å². The minimum absolute atomic E-state index is 0.148. The molecular formula is C14H14FN3OS. The molecule has 1 amide bonds. The van der Waals surface area contributed by atoms with E-state index in [-0.39, 0.29) is 11.6 Å². The van der Waals surface area contributed by atoms with E-state index in [4.69, 9.17) is 5.73 Å². The van der Waals surface area contributed by atoms with Gasteiger partial charge in [-0.1, -0.05) is 0 Å². The number of carbonyl (C=O) groups is 1. The quantitative estimate of drug-likeness (QED) is 0.656. The number of pyridine rings is 1. The van der Waals surface area contributed by atoms with Crippen molar-refractivity contribution in [2.24, 2.45) is 0 Å². The minimum atomic E-state index is -0.422. The summed E-state index contributed by atoms with van der Waals surface area (Å²) in [5, 5.41) is 2.67. The summed E-state index contributed by atoms with van der Waals surface area (Å²) in [6.45, 7) is 0.